The molecule has 0 radical (unpaired) electrons. The summed E-state index contributed by atoms with van der Waals surface area (Å²) in [5.74, 6) is -1.69. The molecule has 0 aliphatic heterocycles. The van der Waals surface area contributed by atoms with E-state index in [9.17, 15) is 19.8 Å². The minimum absolute atomic E-state index is 0. The average Bonchev–Trinajstić information content (AvgIpc) is 2.16. The minimum Gasteiger partial charge on any atom is -0.548 e. The molecule has 108 valence electrons. The first kappa shape index (κ1) is 24.2. The summed E-state index contributed by atoms with van der Waals surface area (Å²) in [6.07, 6.45) is 0.977. The summed E-state index contributed by atoms with van der Waals surface area (Å²) in [4.78, 5) is 20.0. The Morgan fingerprint density at radius 3 is 1.11 bits per heavy atom. The summed E-state index contributed by atoms with van der Waals surface area (Å²) in [5.41, 5.74) is 10.3. The predicted molar refractivity (Wildman–Crippen MR) is 70.6 cm³/mol. The summed E-state index contributed by atoms with van der Waals surface area (Å²) < 4.78 is 0. The molecule has 0 aliphatic rings. The summed E-state index contributed by atoms with van der Waals surface area (Å²) in [5, 5.41) is 20.0. The Labute approximate surface area is 144 Å². The van der Waals surface area contributed by atoms with E-state index in [1.165, 1.54) is 0 Å². The van der Waals surface area contributed by atoms with Gasteiger partial charge in [-0.3, -0.25) is 0 Å². The van der Waals surface area contributed by atoms with Gasteiger partial charge in [0.05, 0.1) is 11.9 Å². The maximum absolute atomic E-state index is 10.00. The monoisotopic (exact) mass is 300 g/mol. The van der Waals surface area contributed by atoms with Crippen LogP contribution in [-0.2, 0) is 9.59 Å². The zero-order valence-electron chi connectivity index (χ0n) is 12.2. The molecule has 0 aromatic heterocycles. The molecule has 0 spiro atoms. The first-order valence-electron chi connectivity index (χ1n) is 6.00. The summed E-state index contributed by atoms with van der Waals surface area (Å²) in [7, 11) is 0. The fourth-order valence-corrected chi connectivity index (χ4v) is 1.21. The van der Waals surface area contributed by atoms with E-state index in [-0.39, 0.29) is 37.7 Å². The zero-order chi connectivity index (χ0) is 14.9. The topological polar surface area (TPSA) is 132 Å². The fourth-order valence-electron chi connectivity index (χ4n) is 1.21. The van der Waals surface area contributed by atoms with Crippen molar-refractivity contribution in [3.8, 4) is 0 Å². The number of aliphatic carboxylic acids is 2. The second-order valence-electron chi connectivity index (χ2n) is 5.11. The number of carboxylic acids is 2. The standard InChI is InChI=1S/2C6H13NO2.Ca/c2*1-4(2)3-5(7)6(8)9;/h2*4-5H,3,7H2,1-2H3,(H,8,9);/q;;+2/p-2/t2*5-;/m00./s1. The van der Waals surface area contributed by atoms with Gasteiger partial charge in [-0.2, -0.15) is 0 Å². The molecule has 6 nitrogen and oxygen atoms in total. The van der Waals surface area contributed by atoms with Crippen LogP contribution < -0.4 is 21.7 Å². The molecule has 19 heavy (non-hydrogen) atoms. The van der Waals surface area contributed by atoms with E-state index in [2.05, 4.69) is 0 Å². The van der Waals surface area contributed by atoms with Gasteiger partial charge in [-0.1, -0.05) is 27.7 Å². The molecule has 0 unspecified atom stereocenters. The summed E-state index contributed by atoms with van der Waals surface area (Å²) in [6, 6.07) is -1.60. The predicted octanol–water partition coefficient (Wildman–Crippen LogP) is -2.16. The molecule has 0 amide bonds. The van der Waals surface area contributed by atoms with Crippen LogP contribution in [0.15, 0.2) is 0 Å². The van der Waals surface area contributed by atoms with Crippen molar-refractivity contribution >= 4 is 49.7 Å². The number of rotatable bonds is 6. The van der Waals surface area contributed by atoms with Gasteiger partial charge in [0.25, 0.3) is 0 Å². The Balaban J connectivity index is -0.000000256. The van der Waals surface area contributed by atoms with Gasteiger partial charge < -0.3 is 31.3 Å². The Morgan fingerprint density at radius 2 is 1.05 bits per heavy atom. The van der Waals surface area contributed by atoms with Crippen LogP contribution in [0.25, 0.3) is 0 Å². The van der Waals surface area contributed by atoms with Crippen LogP contribution in [0, 0.1) is 11.8 Å². The molecule has 0 aromatic rings. The first-order valence-corrected chi connectivity index (χ1v) is 6.00. The third kappa shape index (κ3) is 18.1. The first-order chi connectivity index (χ1) is 8.07. The molecule has 0 saturated heterocycles. The van der Waals surface area contributed by atoms with Crippen LogP contribution in [-0.4, -0.2) is 61.8 Å². The SMILES string of the molecule is CC(C)C[C@H](N)C(=O)[O-].CC(C)C[C@H](N)C(=O)[O-].[Ca+2]. The van der Waals surface area contributed by atoms with Crippen molar-refractivity contribution in [2.75, 3.05) is 0 Å². The molecule has 0 saturated carbocycles. The second kappa shape index (κ2) is 13.1. The van der Waals surface area contributed by atoms with Gasteiger partial charge in [-0.05, 0) is 24.7 Å². The molecular weight excluding hydrogens is 276 g/mol. The largest absolute Gasteiger partial charge is 2.00 e. The van der Waals surface area contributed by atoms with Gasteiger partial charge in [-0.15, -0.1) is 0 Å². The molecule has 0 aromatic carbocycles. The van der Waals surface area contributed by atoms with Gasteiger partial charge in [0.15, 0.2) is 0 Å². The minimum atomic E-state index is -1.16. The van der Waals surface area contributed by atoms with Gasteiger partial charge in [-0.25, -0.2) is 0 Å². The van der Waals surface area contributed by atoms with Crippen LogP contribution in [0.5, 0.6) is 0 Å². The van der Waals surface area contributed by atoms with Crippen LogP contribution in [0.4, 0.5) is 0 Å². The van der Waals surface area contributed by atoms with E-state index >= 15 is 0 Å². The van der Waals surface area contributed by atoms with E-state index in [0.29, 0.717) is 24.7 Å². The van der Waals surface area contributed by atoms with E-state index in [1.54, 1.807) is 0 Å². The number of carboxylic acid groups (broad SMARTS) is 2. The van der Waals surface area contributed by atoms with Crippen molar-refractivity contribution < 1.29 is 19.8 Å². The number of hydrogen-bond donors (Lipinski definition) is 2. The van der Waals surface area contributed by atoms with Crippen LogP contribution in [0.3, 0.4) is 0 Å². The van der Waals surface area contributed by atoms with Gasteiger partial charge in [0, 0.05) is 12.1 Å². The van der Waals surface area contributed by atoms with Crippen molar-refractivity contribution in [2.24, 2.45) is 23.3 Å². The van der Waals surface area contributed by atoms with Crippen molar-refractivity contribution in [3.05, 3.63) is 0 Å². The van der Waals surface area contributed by atoms with Gasteiger partial charge >= 0.3 is 37.7 Å². The maximum Gasteiger partial charge on any atom is 2.00 e. The van der Waals surface area contributed by atoms with E-state index < -0.39 is 24.0 Å². The summed E-state index contributed by atoms with van der Waals surface area (Å²) in [6.45, 7) is 7.68. The Hall–Kier alpha value is 0.120. The zero-order valence-corrected chi connectivity index (χ0v) is 14.4. The number of carbonyl (C=O) groups is 2. The van der Waals surface area contributed by atoms with Crippen molar-refractivity contribution in [2.45, 2.75) is 52.6 Å². The Bertz CT molecular complexity index is 234. The molecule has 0 rings (SSSR count). The quantitative estimate of drug-likeness (QED) is 0.537. The van der Waals surface area contributed by atoms with Crippen LogP contribution >= 0.6 is 0 Å². The second-order valence-corrected chi connectivity index (χ2v) is 5.11. The van der Waals surface area contributed by atoms with Crippen molar-refractivity contribution in [1.82, 2.24) is 0 Å². The third-order valence-electron chi connectivity index (χ3n) is 2.06. The average molecular weight is 300 g/mol. The molecule has 7 heteroatoms. The molecule has 0 bridgehead atoms. The maximum atomic E-state index is 10.00. The number of hydrogen-bond acceptors (Lipinski definition) is 6. The van der Waals surface area contributed by atoms with E-state index in [1.807, 2.05) is 27.7 Å². The third-order valence-corrected chi connectivity index (χ3v) is 2.06. The van der Waals surface area contributed by atoms with E-state index in [4.69, 9.17) is 11.5 Å². The van der Waals surface area contributed by atoms with Crippen LogP contribution in [0.2, 0.25) is 0 Å². The van der Waals surface area contributed by atoms with Crippen molar-refractivity contribution in [1.29, 1.82) is 0 Å². The van der Waals surface area contributed by atoms with E-state index in [0.717, 1.165) is 0 Å². The molecule has 0 fully saturated rings. The fraction of sp³-hybridized carbons (Fsp3) is 0.833. The van der Waals surface area contributed by atoms with Crippen molar-refractivity contribution in [3.63, 3.8) is 0 Å². The van der Waals surface area contributed by atoms with Crippen LogP contribution in [0.1, 0.15) is 40.5 Å². The molecule has 4 N–H and O–H groups in total. The summed E-state index contributed by atoms with van der Waals surface area (Å²) >= 11 is 0. The Kier molecular flexibility index (Phi) is 16.7. The normalized spacial score (nSPS) is 13.1. The van der Waals surface area contributed by atoms with Gasteiger partial charge in [0.1, 0.15) is 0 Å². The molecule has 0 aliphatic carbocycles. The molecule has 0 heterocycles. The Morgan fingerprint density at radius 1 is 0.842 bits per heavy atom. The number of carbonyl (C=O) groups excluding carboxylic acids is 2. The number of nitrogens with two attached hydrogens (primary N) is 2. The smallest absolute Gasteiger partial charge is 0.548 e. The molecule has 2 atom stereocenters. The van der Waals surface area contributed by atoms with Gasteiger partial charge in [0.2, 0.25) is 0 Å². The molecular formula is C12H24CaN2O4.